The van der Waals surface area contributed by atoms with Crippen LogP contribution in [0.3, 0.4) is 0 Å². The summed E-state index contributed by atoms with van der Waals surface area (Å²) < 4.78 is 4.88. The average molecular weight is 217 g/mol. The smallest absolute Gasteiger partial charge is 0.0900 e. The maximum absolute atomic E-state index is 9.83. The van der Waals surface area contributed by atoms with E-state index >= 15 is 0 Å². The second kappa shape index (κ2) is 6.43. The summed E-state index contributed by atoms with van der Waals surface area (Å²) >= 11 is 0. The van der Waals surface area contributed by atoms with Crippen molar-refractivity contribution in [2.45, 2.75) is 43.9 Å². The van der Waals surface area contributed by atoms with Crippen LogP contribution in [0.25, 0.3) is 0 Å². The number of methoxy groups -OCH3 is 1. The molecule has 4 nitrogen and oxygen atoms in total. The SMILES string of the molecule is COCC(O)CN(C)C1CCCCC1O. The molecule has 0 heterocycles. The Hall–Kier alpha value is -0.160. The van der Waals surface area contributed by atoms with Gasteiger partial charge in [-0.05, 0) is 19.9 Å². The second-order valence-electron chi connectivity index (χ2n) is 4.47. The lowest BCUT2D eigenvalue weighted by atomic mass is 9.91. The molecule has 1 aliphatic rings. The summed E-state index contributed by atoms with van der Waals surface area (Å²) in [4.78, 5) is 2.05. The first-order valence-corrected chi connectivity index (χ1v) is 5.70. The first-order valence-electron chi connectivity index (χ1n) is 5.70. The number of likely N-dealkylation sites (N-methyl/N-ethyl adjacent to an activating group) is 1. The molecule has 15 heavy (non-hydrogen) atoms. The van der Waals surface area contributed by atoms with Crippen LogP contribution >= 0.6 is 0 Å². The van der Waals surface area contributed by atoms with Gasteiger partial charge < -0.3 is 14.9 Å². The van der Waals surface area contributed by atoms with E-state index in [1.807, 2.05) is 11.9 Å². The lowest BCUT2D eigenvalue weighted by Gasteiger charge is -2.36. The number of nitrogens with zero attached hydrogens (tertiary/aromatic N) is 1. The molecular weight excluding hydrogens is 194 g/mol. The molecular formula is C11H23NO3. The van der Waals surface area contributed by atoms with E-state index < -0.39 is 6.10 Å². The molecule has 0 radical (unpaired) electrons. The third-order valence-electron chi connectivity index (χ3n) is 3.12. The van der Waals surface area contributed by atoms with Crippen LogP contribution in [0, 0.1) is 0 Å². The van der Waals surface area contributed by atoms with Crippen LogP contribution in [0.2, 0.25) is 0 Å². The summed E-state index contributed by atoms with van der Waals surface area (Å²) in [5, 5.41) is 19.4. The topological polar surface area (TPSA) is 52.9 Å². The van der Waals surface area contributed by atoms with Crippen molar-refractivity contribution in [3.8, 4) is 0 Å². The van der Waals surface area contributed by atoms with E-state index in [0.717, 1.165) is 19.3 Å². The number of hydrogen-bond donors (Lipinski definition) is 2. The van der Waals surface area contributed by atoms with Crippen molar-refractivity contribution < 1.29 is 14.9 Å². The molecule has 0 aliphatic heterocycles. The summed E-state index contributed by atoms with van der Waals surface area (Å²) in [5.74, 6) is 0. The first-order chi connectivity index (χ1) is 7.15. The van der Waals surface area contributed by atoms with Gasteiger partial charge in [0.05, 0.1) is 18.8 Å². The molecule has 0 saturated heterocycles. The van der Waals surface area contributed by atoms with E-state index in [9.17, 15) is 10.2 Å². The molecule has 1 fully saturated rings. The van der Waals surface area contributed by atoms with E-state index in [1.54, 1.807) is 7.11 Å². The van der Waals surface area contributed by atoms with Crippen LogP contribution in [0.5, 0.6) is 0 Å². The molecule has 0 bridgehead atoms. The minimum absolute atomic E-state index is 0.199. The van der Waals surface area contributed by atoms with Crippen molar-refractivity contribution in [3.05, 3.63) is 0 Å². The highest BCUT2D eigenvalue weighted by atomic mass is 16.5. The molecule has 0 aromatic rings. The average Bonchev–Trinajstić information content (AvgIpc) is 2.18. The Balaban J connectivity index is 2.34. The molecule has 4 heteroatoms. The second-order valence-corrected chi connectivity index (χ2v) is 4.47. The predicted octanol–water partition coefficient (Wildman–Crippen LogP) is 0.229. The Bertz CT molecular complexity index is 177. The minimum atomic E-state index is -0.464. The maximum atomic E-state index is 9.83. The normalized spacial score (nSPS) is 29.4. The summed E-state index contributed by atoms with van der Waals surface area (Å²) in [6.45, 7) is 0.919. The number of ether oxygens (including phenoxy) is 1. The summed E-state index contributed by atoms with van der Waals surface area (Å²) in [5.41, 5.74) is 0. The monoisotopic (exact) mass is 217 g/mol. The number of hydrogen-bond acceptors (Lipinski definition) is 4. The van der Waals surface area contributed by atoms with E-state index in [2.05, 4.69) is 0 Å². The van der Waals surface area contributed by atoms with E-state index in [-0.39, 0.29) is 12.1 Å². The van der Waals surface area contributed by atoms with Gasteiger partial charge in [-0.25, -0.2) is 0 Å². The van der Waals surface area contributed by atoms with Gasteiger partial charge in [0.25, 0.3) is 0 Å². The van der Waals surface area contributed by atoms with Crippen LogP contribution in [0.15, 0.2) is 0 Å². The fourth-order valence-electron chi connectivity index (χ4n) is 2.32. The quantitative estimate of drug-likeness (QED) is 0.692. The zero-order valence-electron chi connectivity index (χ0n) is 9.72. The molecule has 90 valence electrons. The van der Waals surface area contributed by atoms with E-state index in [0.29, 0.717) is 13.2 Å². The van der Waals surface area contributed by atoms with Crippen LogP contribution in [-0.4, -0.2) is 60.7 Å². The van der Waals surface area contributed by atoms with Gasteiger partial charge in [-0.15, -0.1) is 0 Å². The first kappa shape index (κ1) is 12.9. The molecule has 0 amide bonds. The van der Waals surface area contributed by atoms with Crippen molar-refractivity contribution >= 4 is 0 Å². The van der Waals surface area contributed by atoms with Crippen molar-refractivity contribution in [1.82, 2.24) is 4.90 Å². The summed E-state index contributed by atoms with van der Waals surface area (Å²) in [6.07, 6.45) is 3.50. The van der Waals surface area contributed by atoms with Crippen molar-refractivity contribution in [2.24, 2.45) is 0 Å². The number of rotatable bonds is 5. The fourth-order valence-corrected chi connectivity index (χ4v) is 2.32. The third kappa shape index (κ3) is 4.07. The summed E-state index contributed by atoms with van der Waals surface area (Å²) in [7, 11) is 3.54. The Morgan fingerprint density at radius 1 is 1.40 bits per heavy atom. The zero-order valence-corrected chi connectivity index (χ0v) is 9.72. The van der Waals surface area contributed by atoms with Gasteiger partial charge in [0.2, 0.25) is 0 Å². The molecule has 1 saturated carbocycles. The molecule has 1 rings (SSSR count). The maximum Gasteiger partial charge on any atom is 0.0900 e. The van der Waals surface area contributed by atoms with Crippen LogP contribution < -0.4 is 0 Å². The van der Waals surface area contributed by atoms with Gasteiger partial charge in [-0.1, -0.05) is 12.8 Å². The van der Waals surface area contributed by atoms with E-state index in [1.165, 1.54) is 6.42 Å². The minimum Gasteiger partial charge on any atom is -0.391 e. The molecule has 3 atom stereocenters. The van der Waals surface area contributed by atoms with Gasteiger partial charge in [-0.3, -0.25) is 4.90 Å². The van der Waals surface area contributed by atoms with Gasteiger partial charge >= 0.3 is 0 Å². The van der Waals surface area contributed by atoms with E-state index in [4.69, 9.17) is 4.74 Å². The molecule has 2 N–H and O–H groups in total. The molecule has 0 spiro atoms. The zero-order chi connectivity index (χ0) is 11.3. The van der Waals surface area contributed by atoms with Crippen molar-refractivity contribution in [2.75, 3.05) is 27.3 Å². The fraction of sp³-hybridized carbons (Fsp3) is 1.00. The van der Waals surface area contributed by atoms with Crippen molar-refractivity contribution in [1.29, 1.82) is 0 Å². The highest BCUT2D eigenvalue weighted by Crippen LogP contribution is 2.22. The Labute approximate surface area is 91.8 Å². The number of aliphatic hydroxyl groups excluding tert-OH is 2. The Kier molecular flexibility index (Phi) is 5.53. The van der Waals surface area contributed by atoms with Gasteiger partial charge in [-0.2, -0.15) is 0 Å². The lowest BCUT2D eigenvalue weighted by Crippen LogP contribution is -2.46. The summed E-state index contributed by atoms with van der Waals surface area (Å²) in [6, 6.07) is 0.199. The Morgan fingerprint density at radius 3 is 2.67 bits per heavy atom. The highest BCUT2D eigenvalue weighted by Gasteiger charge is 2.27. The predicted molar refractivity (Wildman–Crippen MR) is 58.8 cm³/mol. The van der Waals surface area contributed by atoms with Gasteiger partial charge in [0, 0.05) is 19.7 Å². The molecule has 0 aromatic carbocycles. The largest absolute Gasteiger partial charge is 0.391 e. The Morgan fingerprint density at radius 2 is 2.07 bits per heavy atom. The third-order valence-corrected chi connectivity index (χ3v) is 3.12. The molecule has 0 aromatic heterocycles. The van der Waals surface area contributed by atoms with Gasteiger partial charge in [0.15, 0.2) is 0 Å². The molecule has 3 unspecified atom stereocenters. The highest BCUT2D eigenvalue weighted by molar-refractivity contribution is 4.82. The van der Waals surface area contributed by atoms with Crippen LogP contribution in [0.4, 0.5) is 0 Å². The molecule has 1 aliphatic carbocycles. The van der Waals surface area contributed by atoms with Crippen LogP contribution in [0.1, 0.15) is 25.7 Å². The number of aliphatic hydroxyl groups is 2. The standard InChI is InChI=1S/C11H23NO3/c1-12(7-9(13)8-15-2)10-5-3-4-6-11(10)14/h9-11,13-14H,3-8H2,1-2H3. The van der Waals surface area contributed by atoms with Gasteiger partial charge in [0.1, 0.15) is 0 Å². The van der Waals surface area contributed by atoms with Crippen LogP contribution in [-0.2, 0) is 4.74 Å². The van der Waals surface area contributed by atoms with Crippen molar-refractivity contribution in [3.63, 3.8) is 0 Å². The lowest BCUT2D eigenvalue weighted by molar-refractivity contribution is -0.00713.